The van der Waals surface area contributed by atoms with Crippen LogP contribution in [0.25, 0.3) is 0 Å². The van der Waals surface area contributed by atoms with Crippen LogP contribution in [-0.4, -0.2) is 61.8 Å². The number of nitrogens with one attached hydrogen (secondary N) is 1. The number of carbonyl (C=O) groups excluding carboxylic acids is 2. The summed E-state index contributed by atoms with van der Waals surface area (Å²) in [4.78, 5) is 29.4. The molecular weight excluding hydrogens is 569 g/mol. The van der Waals surface area contributed by atoms with Gasteiger partial charge in [-0.1, -0.05) is 54.6 Å². The molecule has 2 aliphatic heterocycles. The lowest BCUT2D eigenvalue weighted by Crippen LogP contribution is -2.45. The fraction of sp³-hybridized carbons (Fsp3) is 0.394. The summed E-state index contributed by atoms with van der Waals surface area (Å²) in [5.74, 6) is -0.946. The molecule has 0 saturated carbocycles. The van der Waals surface area contributed by atoms with E-state index in [9.17, 15) is 22.4 Å². The molecule has 228 valence electrons. The van der Waals surface area contributed by atoms with Crippen LogP contribution in [0.3, 0.4) is 0 Å². The van der Waals surface area contributed by atoms with Crippen LogP contribution in [-0.2, 0) is 37.3 Å². The topological polar surface area (TPSA) is 96.0 Å². The molecule has 5 rings (SSSR count). The highest BCUT2D eigenvalue weighted by atomic mass is 32.2. The SMILES string of the molecule is O=C(NC[C@H]1CCCO1)[C@H](c1ccccc1)N(Cc1ccc(F)cc1)C(=O)CCc1ccc(S(=O)(=O)N2CCCC2)cc1. The first-order valence-corrected chi connectivity index (χ1v) is 16.3. The molecule has 0 aromatic heterocycles. The number of nitrogens with zero attached hydrogens (tertiary/aromatic N) is 2. The smallest absolute Gasteiger partial charge is 0.247 e. The van der Waals surface area contributed by atoms with Gasteiger partial charge in [0.15, 0.2) is 0 Å². The Balaban J connectivity index is 1.35. The molecule has 0 spiro atoms. The molecule has 3 aromatic carbocycles. The maximum absolute atomic E-state index is 13.9. The van der Waals surface area contributed by atoms with E-state index in [1.165, 1.54) is 16.4 Å². The van der Waals surface area contributed by atoms with Crippen molar-refractivity contribution < 1.29 is 27.1 Å². The summed E-state index contributed by atoms with van der Waals surface area (Å²) in [5.41, 5.74) is 2.17. The molecule has 3 aromatic rings. The second-order valence-corrected chi connectivity index (χ2v) is 13.0. The lowest BCUT2D eigenvalue weighted by atomic mass is 10.0. The van der Waals surface area contributed by atoms with Gasteiger partial charge in [-0.05, 0) is 73.1 Å². The monoisotopic (exact) mass is 607 g/mol. The first-order valence-electron chi connectivity index (χ1n) is 14.9. The van der Waals surface area contributed by atoms with Gasteiger partial charge in [-0.3, -0.25) is 9.59 Å². The summed E-state index contributed by atoms with van der Waals surface area (Å²) in [6.45, 7) is 2.20. The fourth-order valence-corrected chi connectivity index (χ4v) is 7.15. The molecule has 1 N–H and O–H groups in total. The number of ether oxygens (including phenoxy) is 1. The zero-order valence-electron chi connectivity index (χ0n) is 24.2. The van der Waals surface area contributed by atoms with E-state index in [-0.39, 0.29) is 41.6 Å². The Hall–Kier alpha value is -3.60. The van der Waals surface area contributed by atoms with E-state index in [0.717, 1.165) is 31.2 Å². The third-order valence-corrected chi connectivity index (χ3v) is 9.96. The normalized spacial score (nSPS) is 17.9. The molecule has 10 heteroatoms. The van der Waals surface area contributed by atoms with Crippen LogP contribution in [0.5, 0.6) is 0 Å². The maximum atomic E-state index is 13.9. The third kappa shape index (κ3) is 7.87. The fourth-order valence-electron chi connectivity index (χ4n) is 5.64. The van der Waals surface area contributed by atoms with Crippen molar-refractivity contribution >= 4 is 21.8 Å². The van der Waals surface area contributed by atoms with Crippen LogP contribution < -0.4 is 5.32 Å². The molecule has 0 radical (unpaired) electrons. The number of sulfonamides is 1. The van der Waals surface area contributed by atoms with Crippen LogP contribution in [0, 0.1) is 5.82 Å². The van der Waals surface area contributed by atoms with Gasteiger partial charge in [0.1, 0.15) is 11.9 Å². The van der Waals surface area contributed by atoms with Gasteiger partial charge in [0.2, 0.25) is 21.8 Å². The average Bonchev–Trinajstić information content (AvgIpc) is 3.76. The van der Waals surface area contributed by atoms with E-state index in [4.69, 9.17) is 4.74 Å². The number of aryl methyl sites for hydroxylation is 1. The first kappa shape index (κ1) is 30.8. The van der Waals surface area contributed by atoms with E-state index in [1.54, 1.807) is 41.3 Å². The molecule has 2 aliphatic rings. The minimum Gasteiger partial charge on any atom is -0.376 e. The molecular formula is C33H38FN3O5S. The number of hydrogen-bond donors (Lipinski definition) is 1. The van der Waals surface area contributed by atoms with Crippen LogP contribution in [0.15, 0.2) is 83.8 Å². The van der Waals surface area contributed by atoms with Gasteiger partial charge in [0.25, 0.3) is 0 Å². The van der Waals surface area contributed by atoms with Gasteiger partial charge < -0.3 is 15.0 Å². The molecule has 43 heavy (non-hydrogen) atoms. The molecule has 0 unspecified atom stereocenters. The number of benzene rings is 3. The Labute approximate surface area is 252 Å². The summed E-state index contributed by atoms with van der Waals surface area (Å²) in [6.07, 6.45) is 3.95. The highest BCUT2D eigenvalue weighted by molar-refractivity contribution is 7.89. The third-order valence-electron chi connectivity index (χ3n) is 8.04. The van der Waals surface area contributed by atoms with Gasteiger partial charge in [0, 0.05) is 39.2 Å². The first-order chi connectivity index (χ1) is 20.8. The van der Waals surface area contributed by atoms with Crippen molar-refractivity contribution in [2.45, 2.75) is 62.1 Å². The Morgan fingerprint density at radius 3 is 2.26 bits per heavy atom. The van der Waals surface area contributed by atoms with Gasteiger partial charge in [-0.15, -0.1) is 0 Å². The zero-order valence-corrected chi connectivity index (χ0v) is 25.0. The molecule has 2 saturated heterocycles. The number of carbonyl (C=O) groups is 2. The van der Waals surface area contributed by atoms with Crippen molar-refractivity contribution in [2.24, 2.45) is 0 Å². The van der Waals surface area contributed by atoms with Crippen molar-refractivity contribution in [1.29, 1.82) is 0 Å². The molecule has 0 bridgehead atoms. The van der Waals surface area contributed by atoms with Gasteiger partial charge in [-0.2, -0.15) is 4.31 Å². The highest BCUT2D eigenvalue weighted by Gasteiger charge is 2.32. The second kappa shape index (κ2) is 14.2. The van der Waals surface area contributed by atoms with Crippen molar-refractivity contribution in [3.63, 3.8) is 0 Å². The standard InChI is InChI=1S/C33H38FN3O5S/c34-28-15-10-26(11-16-28)24-37(32(27-7-2-1-3-8-27)33(39)35-23-29-9-6-22-42-29)31(38)19-14-25-12-17-30(18-13-25)43(40,41)36-20-4-5-21-36/h1-3,7-8,10-13,15-18,29,32H,4-6,9,14,19-24H2,(H,35,39)/t29-,32+/m1/s1. The van der Waals surface area contributed by atoms with E-state index in [1.807, 2.05) is 30.3 Å². The molecule has 2 heterocycles. The van der Waals surface area contributed by atoms with Crippen LogP contribution in [0.4, 0.5) is 4.39 Å². The van der Waals surface area contributed by atoms with Gasteiger partial charge in [0.05, 0.1) is 11.0 Å². The van der Waals surface area contributed by atoms with Crippen molar-refractivity contribution in [2.75, 3.05) is 26.2 Å². The predicted molar refractivity (Wildman–Crippen MR) is 161 cm³/mol. The number of halogens is 1. The van der Waals surface area contributed by atoms with E-state index >= 15 is 0 Å². The molecule has 2 fully saturated rings. The van der Waals surface area contributed by atoms with Crippen molar-refractivity contribution in [3.8, 4) is 0 Å². The predicted octanol–water partition coefficient (Wildman–Crippen LogP) is 4.61. The average molecular weight is 608 g/mol. The maximum Gasteiger partial charge on any atom is 0.247 e. The summed E-state index contributed by atoms with van der Waals surface area (Å²) >= 11 is 0. The van der Waals surface area contributed by atoms with E-state index < -0.39 is 16.1 Å². The van der Waals surface area contributed by atoms with Gasteiger partial charge >= 0.3 is 0 Å². The Bertz CT molecular complexity index is 1470. The minimum absolute atomic E-state index is 0.0566. The number of amides is 2. The van der Waals surface area contributed by atoms with E-state index in [0.29, 0.717) is 43.8 Å². The molecule has 2 amide bonds. The largest absolute Gasteiger partial charge is 0.376 e. The minimum atomic E-state index is -3.52. The highest BCUT2D eigenvalue weighted by Crippen LogP contribution is 2.26. The van der Waals surface area contributed by atoms with Crippen LogP contribution in [0.2, 0.25) is 0 Å². The molecule has 8 nitrogen and oxygen atoms in total. The second-order valence-electron chi connectivity index (χ2n) is 11.1. The number of hydrogen-bond acceptors (Lipinski definition) is 5. The van der Waals surface area contributed by atoms with Crippen molar-refractivity contribution in [1.82, 2.24) is 14.5 Å². The zero-order chi connectivity index (χ0) is 30.2. The lowest BCUT2D eigenvalue weighted by molar-refractivity contribution is -0.141. The van der Waals surface area contributed by atoms with Crippen LogP contribution >= 0.6 is 0 Å². The summed E-state index contributed by atoms with van der Waals surface area (Å²) < 4.78 is 46.7. The van der Waals surface area contributed by atoms with Crippen molar-refractivity contribution in [3.05, 3.63) is 101 Å². The quantitative estimate of drug-likeness (QED) is 0.325. The number of rotatable bonds is 12. The van der Waals surface area contributed by atoms with Gasteiger partial charge in [-0.25, -0.2) is 12.8 Å². The summed E-state index contributed by atoms with van der Waals surface area (Å²) in [6, 6.07) is 20.8. The molecule has 2 atom stereocenters. The Morgan fingerprint density at radius 2 is 1.60 bits per heavy atom. The Kier molecular flexibility index (Phi) is 10.2. The lowest BCUT2D eigenvalue weighted by Gasteiger charge is -2.32. The Morgan fingerprint density at radius 1 is 0.930 bits per heavy atom. The summed E-state index contributed by atoms with van der Waals surface area (Å²) in [7, 11) is -3.52. The summed E-state index contributed by atoms with van der Waals surface area (Å²) in [5, 5.41) is 2.99. The van der Waals surface area contributed by atoms with Crippen LogP contribution in [0.1, 0.15) is 54.8 Å². The van der Waals surface area contributed by atoms with E-state index in [2.05, 4.69) is 5.32 Å². The molecule has 0 aliphatic carbocycles.